The van der Waals surface area contributed by atoms with Crippen LogP contribution >= 0.6 is 0 Å². The number of carboxylic acids is 1. The van der Waals surface area contributed by atoms with E-state index in [9.17, 15) is 23.1 Å². The number of aromatic carboxylic acids is 1. The molecule has 0 saturated heterocycles. The Bertz CT molecular complexity index is 1400. The molecular weight excluding hydrogens is 534 g/mol. The fourth-order valence-corrected chi connectivity index (χ4v) is 5.92. The molecule has 1 aliphatic carbocycles. The Balaban J connectivity index is 1.25. The highest BCUT2D eigenvalue weighted by atomic mass is 32.2. The number of carbonyl (C=O) groups is 2. The SMILES string of the molecule is CCCCS(=O)(=O)NC1CCC(Oc2ccc(Oc3ccc(C(=O)Nc4ccccc4C(=O)O)cn3)cc2)CC1. The number of aromatic nitrogens is 1. The second-order valence-electron chi connectivity index (χ2n) is 9.65. The molecule has 1 fully saturated rings. The summed E-state index contributed by atoms with van der Waals surface area (Å²) in [5, 5.41) is 11.9. The summed E-state index contributed by atoms with van der Waals surface area (Å²) in [4.78, 5) is 28.1. The number of para-hydroxylation sites is 1. The topological polar surface area (TPSA) is 144 Å². The lowest BCUT2D eigenvalue weighted by Gasteiger charge is -2.29. The Morgan fingerprint density at radius 1 is 0.975 bits per heavy atom. The number of nitrogens with one attached hydrogen (secondary N) is 2. The van der Waals surface area contributed by atoms with Gasteiger partial charge in [0.05, 0.1) is 28.7 Å². The summed E-state index contributed by atoms with van der Waals surface area (Å²) in [6.45, 7) is 1.97. The average molecular weight is 568 g/mol. The second-order valence-corrected chi connectivity index (χ2v) is 11.5. The van der Waals surface area contributed by atoms with Crippen molar-refractivity contribution in [2.45, 2.75) is 57.6 Å². The zero-order valence-corrected chi connectivity index (χ0v) is 23.0. The van der Waals surface area contributed by atoms with Crippen molar-refractivity contribution in [2.24, 2.45) is 0 Å². The van der Waals surface area contributed by atoms with Gasteiger partial charge in [-0.1, -0.05) is 25.5 Å². The molecule has 4 rings (SSSR count). The number of sulfonamides is 1. The number of carbonyl (C=O) groups excluding carboxylic acids is 1. The number of nitrogens with zero attached hydrogens (tertiary/aromatic N) is 1. The van der Waals surface area contributed by atoms with E-state index in [1.807, 2.05) is 6.92 Å². The minimum atomic E-state index is -3.22. The summed E-state index contributed by atoms with van der Waals surface area (Å²) in [6.07, 6.45) is 5.90. The Hall–Kier alpha value is -3.96. The third-order valence-corrected chi connectivity index (χ3v) is 8.06. The number of anilines is 1. The first-order valence-corrected chi connectivity index (χ1v) is 14.9. The van der Waals surface area contributed by atoms with Crippen LogP contribution in [0.5, 0.6) is 17.4 Å². The van der Waals surface area contributed by atoms with Crippen molar-refractivity contribution < 1.29 is 32.6 Å². The number of unbranched alkanes of at least 4 members (excludes halogenated alkanes) is 1. The lowest BCUT2D eigenvalue weighted by atomic mass is 9.94. The Kier molecular flexibility index (Phi) is 9.73. The molecule has 0 atom stereocenters. The number of hydrogen-bond acceptors (Lipinski definition) is 7. The largest absolute Gasteiger partial charge is 0.490 e. The summed E-state index contributed by atoms with van der Waals surface area (Å²) >= 11 is 0. The van der Waals surface area contributed by atoms with Gasteiger partial charge in [-0.3, -0.25) is 4.79 Å². The van der Waals surface area contributed by atoms with Crippen LogP contribution in [-0.4, -0.2) is 48.3 Å². The molecule has 0 unspecified atom stereocenters. The lowest BCUT2D eigenvalue weighted by molar-refractivity contribution is 0.0698. The number of pyridine rings is 1. The molecule has 10 nitrogen and oxygen atoms in total. The average Bonchev–Trinajstić information content (AvgIpc) is 2.94. The smallest absolute Gasteiger partial charge is 0.337 e. The highest BCUT2D eigenvalue weighted by Crippen LogP contribution is 2.27. The van der Waals surface area contributed by atoms with E-state index in [1.165, 1.54) is 18.3 Å². The fraction of sp³-hybridized carbons (Fsp3) is 0.345. The molecular formula is C29H33N3O7S. The van der Waals surface area contributed by atoms with E-state index >= 15 is 0 Å². The molecule has 1 aliphatic rings. The molecule has 0 spiro atoms. The number of benzene rings is 2. The van der Waals surface area contributed by atoms with Crippen LogP contribution in [0.25, 0.3) is 0 Å². The molecule has 1 heterocycles. The summed E-state index contributed by atoms with van der Waals surface area (Å²) in [6, 6.07) is 16.3. The van der Waals surface area contributed by atoms with Gasteiger partial charge in [0.2, 0.25) is 15.9 Å². The maximum Gasteiger partial charge on any atom is 0.337 e. The third kappa shape index (κ3) is 8.27. The van der Waals surface area contributed by atoms with Crippen LogP contribution in [0, 0.1) is 0 Å². The van der Waals surface area contributed by atoms with E-state index in [0.717, 1.165) is 32.1 Å². The third-order valence-electron chi connectivity index (χ3n) is 6.54. The first kappa shape index (κ1) is 29.0. The lowest BCUT2D eigenvalue weighted by Crippen LogP contribution is -2.40. The van der Waals surface area contributed by atoms with Crippen LogP contribution in [0.2, 0.25) is 0 Å². The number of amides is 1. The molecule has 40 heavy (non-hydrogen) atoms. The van der Waals surface area contributed by atoms with Crippen LogP contribution in [0.15, 0.2) is 66.9 Å². The van der Waals surface area contributed by atoms with Crippen LogP contribution in [-0.2, 0) is 10.0 Å². The van der Waals surface area contributed by atoms with Crippen molar-refractivity contribution in [3.8, 4) is 17.4 Å². The quantitative estimate of drug-likeness (QED) is 0.270. The fourth-order valence-electron chi connectivity index (χ4n) is 4.39. The van der Waals surface area contributed by atoms with Crippen LogP contribution in [0.3, 0.4) is 0 Å². The molecule has 2 aromatic carbocycles. The van der Waals surface area contributed by atoms with Gasteiger partial charge in [-0.25, -0.2) is 22.9 Å². The Morgan fingerprint density at radius 3 is 2.33 bits per heavy atom. The van der Waals surface area contributed by atoms with Crippen molar-refractivity contribution in [1.82, 2.24) is 9.71 Å². The monoisotopic (exact) mass is 567 g/mol. The standard InChI is InChI=1S/C29H33N3O7S/c1-2-3-18-40(36,37)32-21-9-11-22(12-10-21)38-23-13-15-24(16-14-23)39-27-17-8-20(19-30-27)28(33)31-26-7-5-4-6-25(26)29(34)35/h4-8,13-17,19,21-22,32H,2-3,9-12,18H2,1H3,(H,31,33)(H,34,35). The van der Waals surface area contributed by atoms with E-state index in [1.54, 1.807) is 48.5 Å². The maximum atomic E-state index is 12.5. The van der Waals surface area contributed by atoms with Gasteiger partial charge in [-0.15, -0.1) is 0 Å². The molecule has 0 radical (unpaired) electrons. The van der Waals surface area contributed by atoms with Crippen molar-refractivity contribution in [1.29, 1.82) is 0 Å². The molecule has 0 aliphatic heterocycles. The molecule has 1 amide bonds. The number of ether oxygens (including phenoxy) is 2. The number of rotatable bonds is 12. The summed E-state index contributed by atoms with van der Waals surface area (Å²) < 4.78 is 39.0. The second kappa shape index (κ2) is 13.4. The highest BCUT2D eigenvalue weighted by Gasteiger charge is 2.25. The van der Waals surface area contributed by atoms with Gasteiger partial charge in [0.1, 0.15) is 11.5 Å². The van der Waals surface area contributed by atoms with E-state index in [4.69, 9.17) is 9.47 Å². The van der Waals surface area contributed by atoms with Gasteiger partial charge in [-0.2, -0.15) is 0 Å². The van der Waals surface area contributed by atoms with E-state index in [2.05, 4.69) is 15.0 Å². The minimum absolute atomic E-state index is 0.00543. The number of carboxylic acid groups (broad SMARTS) is 1. The summed E-state index contributed by atoms with van der Waals surface area (Å²) in [5.41, 5.74) is 0.441. The predicted molar refractivity (Wildman–Crippen MR) is 151 cm³/mol. The van der Waals surface area contributed by atoms with Crippen molar-refractivity contribution in [2.75, 3.05) is 11.1 Å². The summed E-state index contributed by atoms with van der Waals surface area (Å²) in [5.74, 6) is 0.0729. The Morgan fingerprint density at radius 2 is 1.68 bits per heavy atom. The van der Waals surface area contributed by atoms with Gasteiger partial charge < -0.3 is 19.9 Å². The van der Waals surface area contributed by atoms with Crippen LogP contribution < -0.4 is 19.5 Å². The first-order valence-electron chi connectivity index (χ1n) is 13.3. The van der Waals surface area contributed by atoms with E-state index in [-0.39, 0.29) is 40.6 Å². The van der Waals surface area contributed by atoms with Gasteiger partial charge >= 0.3 is 5.97 Å². The first-order chi connectivity index (χ1) is 19.2. The normalized spacial score (nSPS) is 17.1. The zero-order chi connectivity index (χ0) is 28.5. The van der Waals surface area contributed by atoms with Gasteiger partial charge in [0.15, 0.2) is 0 Å². The molecule has 11 heteroatoms. The predicted octanol–water partition coefficient (Wildman–Crippen LogP) is 5.23. The molecule has 3 N–H and O–H groups in total. The van der Waals surface area contributed by atoms with Crippen molar-refractivity contribution >= 4 is 27.6 Å². The van der Waals surface area contributed by atoms with Crippen LogP contribution in [0.4, 0.5) is 5.69 Å². The summed E-state index contributed by atoms with van der Waals surface area (Å²) in [7, 11) is -3.22. The highest BCUT2D eigenvalue weighted by molar-refractivity contribution is 7.89. The number of hydrogen-bond donors (Lipinski definition) is 3. The van der Waals surface area contributed by atoms with Gasteiger partial charge in [0.25, 0.3) is 5.91 Å². The van der Waals surface area contributed by atoms with Crippen molar-refractivity contribution in [3.05, 3.63) is 78.0 Å². The molecule has 1 saturated carbocycles. The zero-order valence-electron chi connectivity index (χ0n) is 22.2. The molecule has 212 valence electrons. The maximum absolute atomic E-state index is 12.5. The van der Waals surface area contributed by atoms with Crippen LogP contribution in [0.1, 0.15) is 66.2 Å². The Labute approximate surface area is 233 Å². The van der Waals surface area contributed by atoms with Crippen molar-refractivity contribution in [3.63, 3.8) is 0 Å². The molecule has 1 aromatic heterocycles. The van der Waals surface area contributed by atoms with E-state index in [0.29, 0.717) is 17.9 Å². The van der Waals surface area contributed by atoms with E-state index < -0.39 is 21.9 Å². The van der Waals surface area contributed by atoms with Gasteiger partial charge in [0, 0.05) is 18.3 Å². The minimum Gasteiger partial charge on any atom is -0.490 e. The van der Waals surface area contributed by atoms with Gasteiger partial charge in [-0.05, 0) is 74.6 Å². The molecule has 0 bridgehead atoms. The molecule has 3 aromatic rings.